The van der Waals surface area contributed by atoms with Gasteiger partial charge in [0.2, 0.25) is 5.91 Å². The second-order valence-electron chi connectivity index (χ2n) is 7.47. The Kier molecular flexibility index (Phi) is 5.93. The molecule has 27 heavy (non-hydrogen) atoms. The normalized spacial score (nSPS) is 15.4. The van der Waals surface area contributed by atoms with E-state index in [0.29, 0.717) is 11.8 Å². The van der Waals surface area contributed by atoms with Gasteiger partial charge in [-0.3, -0.25) is 14.6 Å². The van der Waals surface area contributed by atoms with E-state index in [1.807, 2.05) is 17.3 Å². The zero-order chi connectivity index (χ0) is 19.4. The first-order valence-corrected chi connectivity index (χ1v) is 9.52. The molecule has 0 unspecified atom stereocenters. The van der Waals surface area contributed by atoms with Gasteiger partial charge in [0.1, 0.15) is 5.82 Å². The first kappa shape index (κ1) is 19.1. The van der Waals surface area contributed by atoms with E-state index in [1.54, 1.807) is 0 Å². The van der Waals surface area contributed by atoms with Gasteiger partial charge in [-0.1, -0.05) is 13.8 Å². The molecule has 2 aromatic heterocycles. The molecule has 0 atom stereocenters. The molecule has 3 heterocycles. The summed E-state index contributed by atoms with van der Waals surface area (Å²) in [4.78, 5) is 43.7. The van der Waals surface area contributed by atoms with Gasteiger partial charge < -0.3 is 14.0 Å². The van der Waals surface area contributed by atoms with Crippen molar-refractivity contribution in [1.82, 2.24) is 24.0 Å². The molecule has 1 aliphatic rings. The van der Waals surface area contributed by atoms with Crippen LogP contribution in [0.5, 0.6) is 0 Å². The fourth-order valence-corrected chi connectivity index (χ4v) is 3.61. The Morgan fingerprint density at radius 2 is 1.96 bits per heavy atom. The molecule has 1 N–H and O–H groups in total. The van der Waals surface area contributed by atoms with E-state index in [2.05, 4.69) is 28.4 Å². The van der Waals surface area contributed by atoms with Crippen LogP contribution in [0.2, 0.25) is 0 Å². The molecule has 1 amide bonds. The van der Waals surface area contributed by atoms with Gasteiger partial charge in [-0.15, -0.1) is 0 Å². The van der Waals surface area contributed by atoms with Crippen molar-refractivity contribution in [3.63, 3.8) is 0 Å². The highest BCUT2D eigenvalue weighted by atomic mass is 16.2. The Bertz CT molecular complexity index is 887. The molecule has 0 saturated carbocycles. The molecule has 146 valence electrons. The van der Waals surface area contributed by atoms with Crippen molar-refractivity contribution in [2.45, 2.75) is 52.1 Å². The molecule has 1 aliphatic heterocycles. The SMILES string of the molecule is CC(C)c1nccn1CC1CCN(C(=O)CCn2ccc(=O)[nH]c2=O)CC1. The Morgan fingerprint density at radius 1 is 1.22 bits per heavy atom. The number of aromatic nitrogens is 4. The average Bonchev–Trinajstić information content (AvgIpc) is 3.10. The van der Waals surface area contributed by atoms with Crippen LogP contribution in [0.4, 0.5) is 0 Å². The molecular weight excluding hydrogens is 346 g/mol. The van der Waals surface area contributed by atoms with Gasteiger partial charge in [0.25, 0.3) is 5.56 Å². The van der Waals surface area contributed by atoms with Gasteiger partial charge in [-0.25, -0.2) is 9.78 Å². The topological polar surface area (TPSA) is 93.0 Å². The third kappa shape index (κ3) is 4.75. The van der Waals surface area contributed by atoms with Crippen LogP contribution in [0.3, 0.4) is 0 Å². The summed E-state index contributed by atoms with van der Waals surface area (Å²) in [5.41, 5.74) is -0.904. The summed E-state index contributed by atoms with van der Waals surface area (Å²) in [6, 6.07) is 1.29. The lowest BCUT2D eigenvalue weighted by molar-refractivity contribution is -0.132. The van der Waals surface area contributed by atoms with Crippen molar-refractivity contribution in [1.29, 1.82) is 0 Å². The molecule has 3 rings (SSSR count). The number of carbonyl (C=O) groups excluding carboxylic acids is 1. The number of rotatable bonds is 6. The van der Waals surface area contributed by atoms with Crippen molar-refractivity contribution < 1.29 is 4.79 Å². The summed E-state index contributed by atoms with van der Waals surface area (Å²) in [7, 11) is 0. The lowest BCUT2D eigenvalue weighted by atomic mass is 9.96. The van der Waals surface area contributed by atoms with E-state index in [-0.39, 0.29) is 18.9 Å². The number of amides is 1. The Labute approximate surface area is 157 Å². The summed E-state index contributed by atoms with van der Waals surface area (Å²) in [5, 5.41) is 0. The van der Waals surface area contributed by atoms with Gasteiger partial charge in [0.05, 0.1) is 0 Å². The molecule has 1 fully saturated rings. The molecule has 2 aromatic rings. The number of carbonyl (C=O) groups is 1. The lowest BCUT2D eigenvalue weighted by Gasteiger charge is -2.32. The zero-order valence-corrected chi connectivity index (χ0v) is 15.9. The van der Waals surface area contributed by atoms with Crippen LogP contribution in [0.25, 0.3) is 0 Å². The summed E-state index contributed by atoms with van der Waals surface area (Å²) in [5.74, 6) is 2.11. The average molecular weight is 373 g/mol. The third-order valence-electron chi connectivity index (χ3n) is 5.15. The number of aromatic amines is 1. The Balaban J connectivity index is 1.48. The van der Waals surface area contributed by atoms with E-state index in [1.165, 1.54) is 16.8 Å². The number of nitrogens with zero attached hydrogens (tertiary/aromatic N) is 4. The molecule has 1 saturated heterocycles. The van der Waals surface area contributed by atoms with Crippen LogP contribution in [0, 0.1) is 5.92 Å². The zero-order valence-electron chi connectivity index (χ0n) is 15.9. The molecule has 8 nitrogen and oxygen atoms in total. The standard InChI is InChI=1S/C19H27N5O3/c1-14(2)18-20-7-12-24(18)13-15-3-8-22(9-4-15)17(26)6-11-23-10-5-16(25)21-19(23)27/h5,7,10,12,14-15H,3-4,6,8-9,11,13H2,1-2H3,(H,21,25,27). The van der Waals surface area contributed by atoms with Gasteiger partial charge in [-0.2, -0.15) is 0 Å². The number of imidazole rings is 1. The van der Waals surface area contributed by atoms with E-state index in [9.17, 15) is 14.4 Å². The van der Waals surface area contributed by atoms with Crippen molar-refractivity contribution in [3.05, 3.63) is 51.3 Å². The molecule has 0 bridgehead atoms. The van der Waals surface area contributed by atoms with Crippen LogP contribution in [0.15, 0.2) is 34.2 Å². The minimum atomic E-state index is -0.477. The molecule has 0 aromatic carbocycles. The predicted molar refractivity (Wildman–Crippen MR) is 102 cm³/mol. The number of likely N-dealkylation sites (tertiary alicyclic amines) is 1. The second-order valence-corrected chi connectivity index (χ2v) is 7.47. The smallest absolute Gasteiger partial charge is 0.328 e. The highest BCUT2D eigenvalue weighted by Gasteiger charge is 2.23. The maximum Gasteiger partial charge on any atom is 0.328 e. The minimum absolute atomic E-state index is 0.0528. The summed E-state index contributed by atoms with van der Waals surface area (Å²) < 4.78 is 3.59. The van der Waals surface area contributed by atoms with Crippen LogP contribution in [0.1, 0.15) is 44.9 Å². The fourth-order valence-electron chi connectivity index (χ4n) is 3.61. The van der Waals surface area contributed by atoms with Crippen molar-refractivity contribution in [2.24, 2.45) is 5.92 Å². The van der Waals surface area contributed by atoms with Crippen molar-refractivity contribution >= 4 is 5.91 Å². The molecule has 0 spiro atoms. The quantitative estimate of drug-likeness (QED) is 0.823. The number of piperidine rings is 1. The maximum atomic E-state index is 12.4. The third-order valence-corrected chi connectivity index (χ3v) is 5.15. The van der Waals surface area contributed by atoms with Crippen LogP contribution in [-0.4, -0.2) is 43.0 Å². The highest BCUT2D eigenvalue weighted by molar-refractivity contribution is 5.76. The molecular formula is C19H27N5O3. The maximum absolute atomic E-state index is 12.4. The van der Waals surface area contributed by atoms with Crippen LogP contribution >= 0.6 is 0 Å². The molecule has 0 aliphatic carbocycles. The van der Waals surface area contributed by atoms with Crippen molar-refractivity contribution in [2.75, 3.05) is 13.1 Å². The van der Waals surface area contributed by atoms with E-state index < -0.39 is 11.2 Å². The minimum Gasteiger partial charge on any atom is -0.343 e. The van der Waals surface area contributed by atoms with E-state index in [4.69, 9.17) is 0 Å². The predicted octanol–water partition coefficient (Wildman–Crippen LogP) is 1.19. The fraction of sp³-hybridized carbons (Fsp3) is 0.579. The number of nitrogens with one attached hydrogen (secondary N) is 1. The molecule has 8 heteroatoms. The molecule has 0 radical (unpaired) electrons. The number of aryl methyl sites for hydroxylation is 1. The Morgan fingerprint density at radius 3 is 2.63 bits per heavy atom. The van der Waals surface area contributed by atoms with E-state index in [0.717, 1.165) is 38.3 Å². The first-order chi connectivity index (χ1) is 12.9. The summed E-state index contributed by atoms with van der Waals surface area (Å²) in [6.45, 7) is 7.01. The van der Waals surface area contributed by atoms with Gasteiger partial charge in [0, 0.05) is 63.2 Å². The highest BCUT2D eigenvalue weighted by Crippen LogP contribution is 2.22. The Hall–Kier alpha value is -2.64. The summed E-state index contributed by atoms with van der Waals surface area (Å²) in [6.07, 6.45) is 7.52. The van der Waals surface area contributed by atoms with Crippen LogP contribution < -0.4 is 11.2 Å². The van der Waals surface area contributed by atoms with Gasteiger partial charge in [0.15, 0.2) is 0 Å². The number of hydrogen-bond donors (Lipinski definition) is 1. The van der Waals surface area contributed by atoms with Crippen LogP contribution in [-0.2, 0) is 17.9 Å². The number of hydrogen-bond acceptors (Lipinski definition) is 4. The van der Waals surface area contributed by atoms with Crippen molar-refractivity contribution in [3.8, 4) is 0 Å². The first-order valence-electron chi connectivity index (χ1n) is 9.52. The van der Waals surface area contributed by atoms with Gasteiger partial charge >= 0.3 is 5.69 Å². The number of H-pyrrole nitrogens is 1. The monoisotopic (exact) mass is 373 g/mol. The largest absolute Gasteiger partial charge is 0.343 e. The lowest BCUT2D eigenvalue weighted by Crippen LogP contribution is -2.40. The van der Waals surface area contributed by atoms with E-state index >= 15 is 0 Å². The summed E-state index contributed by atoms with van der Waals surface area (Å²) >= 11 is 0. The second kappa shape index (κ2) is 8.37. The van der Waals surface area contributed by atoms with Gasteiger partial charge in [-0.05, 0) is 18.8 Å².